The standard InChI is InChI=1S/C44H48ClFN4O5/c1-2-53-41-14-8-12-39(46)37(41)28-49-23-25-50(26-24-49)43(51)42(47-44(52)55-29-31-9-4-3-5-10-31)32-17-20-48(21-18-32)22-19-33-27-34(45)15-16-35(33)38-30-54-40-13-7-6-11-36(38)40/h3-16,27,30,32,42H,2,17-26,28-29H2,1H3,(H,47,52)/t42-/m1/s1. The zero-order valence-electron chi connectivity index (χ0n) is 31.2. The monoisotopic (exact) mass is 766 g/mol. The molecule has 1 N–H and O–H groups in total. The molecule has 0 aliphatic carbocycles. The summed E-state index contributed by atoms with van der Waals surface area (Å²) in [6.07, 6.45) is 3.51. The molecule has 0 bridgehead atoms. The van der Waals surface area contributed by atoms with Crippen LogP contribution in [0.3, 0.4) is 0 Å². The number of nitrogens with zero attached hydrogens (tertiary/aromatic N) is 3. The molecule has 288 valence electrons. The van der Waals surface area contributed by atoms with E-state index in [4.69, 9.17) is 25.5 Å². The van der Waals surface area contributed by atoms with Gasteiger partial charge in [0.15, 0.2) is 0 Å². The van der Waals surface area contributed by atoms with Gasteiger partial charge in [-0.25, -0.2) is 9.18 Å². The van der Waals surface area contributed by atoms with Gasteiger partial charge < -0.3 is 29.0 Å². The van der Waals surface area contributed by atoms with E-state index >= 15 is 0 Å². The number of fused-ring (bicyclic) bond motifs is 1. The topological polar surface area (TPSA) is 87.5 Å². The van der Waals surface area contributed by atoms with Gasteiger partial charge in [-0.3, -0.25) is 9.69 Å². The second-order valence-corrected chi connectivity index (χ2v) is 14.7. The molecule has 2 fully saturated rings. The Labute approximate surface area is 326 Å². The van der Waals surface area contributed by atoms with Gasteiger partial charge in [0.05, 0.1) is 12.9 Å². The number of ether oxygens (including phenoxy) is 2. The number of amides is 2. The number of furan rings is 1. The maximum atomic E-state index is 14.8. The van der Waals surface area contributed by atoms with Crippen molar-refractivity contribution in [1.29, 1.82) is 0 Å². The van der Waals surface area contributed by atoms with E-state index in [9.17, 15) is 14.0 Å². The van der Waals surface area contributed by atoms with E-state index in [-0.39, 0.29) is 24.2 Å². The van der Waals surface area contributed by atoms with Crippen molar-refractivity contribution in [2.24, 2.45) is 5.92 Å². The lowest BCUT2D eigenvalue weighted by atomic mass is 9.88. The number of nitrogens with one attached hydrogen (secondary N) is 1. The van der Waals surface area contributed by atoms with E-state index < -0.39 is 12.1 Å². The Balaban J connectivity index is 0.988. The Morgan fingerprint density at radius 1 is 0.891 bits per heavy atom. The lowest BCUT2D eigenvalue weighted by molar-refractivity contribution is -0.137. The van der Waals surface area contributed by atoms with E-state index in [1.54, 1.807) is 12.1 Å². The van der Waals surface area contributed by atoms with Gasteiger partial charge in [-0.15, -0.1) is 0 Å². The normalized spacial score (nSPS) is 16.2. The molecule has 3 heterocycles. The summed E-state index contributed by atoms with van der Waals surface area (Å²) in [5, 5.41) is 4.74. The molecule has 0 saturated carbocycles. The number of carbonyl (C=O) groups is 2. The second-order valence-electron chi connectivity index (χ2n) is 14.3. The lowest BCUT2D eigenvalue weighted by Crippen LogP contribution is -2.58. The quantitative estimate of drug-likeness (QED) is 0.129. The fourth-order valence-corrected chi connectivity index (χ4v) is 8.00. The summed E-state index contributed by atoms with van der Waals surface area (Å²) in [5.41, 5.74) is 5.56. The van der Waals surface area contributed by atoms with Crippen molar-refractivity contribution in [3.05, 3.63) is 125 Å². The van der Waals surface area contributed by atoms with Crippen molar-refractivity contribution in [3.63, 3.8) is 0 Å². The third-order valence-electron chi connectivity index (χ3n) is 10.8. The van der Waals surface area contributed by atoms with E-state index in [2.05, 4.69) is 27.2 Å². The Kier molecular flexibility index (Phi) is 12.7. The molecule has 55 heavy (non-hydrogen) atoms. The number of piperazine rings is 1. The minimum absolute atomic E-state index is 0.0581. The maximum Gasteiger partial charge on any atom is 0.408 e. The molecule has 2 amide bonds. The number of halogens is 2. The zero-order chi connectivity index (χ0) is 38.1. The molecule has 2 aliphatic heterocycles. The molecular formula is C44H48ClFN4O5. The van der Waals surface area contributed by atoms with Crippen LogP contribution < -0.4 is 10.1 Å². The van der Waals surface area contributed by atoms with Crippen LogP contribution in [0.1, 0.15) is 36.5 Å². The van der Waals surface area contributed by atoms with Gasteiger partial charge >= 0.3 is 6.09 Å². The van der Waals surface area contributed by atoms with Gasteiger partial charge in [0, 0.05) is 60.8 Å². The molecule has 7 rings (SSSR count). The van der Waals surface area contributed by atoms with Crippen molar-refractivity contribution < 1.29 is 27.9 Å². The van der Waals surface area contributed by atoms with Gasteiger partial charge in [-0.05, 0) is 92.2 Å². The number of rotatable bonds is 13. The number of para-hydroxylation sites is 1. The van der Waals surface area contributed by atoms with Crippen molar-refractivity contribution in [2.45, 2.75) is 45.4 Å². The van der Waals surface area contributed by atoms with Crippen molar-refractivity contribution in [1.82, 2.24) is 20.0 Å². The molecule has 1 atom stereocenters. The molecule has 0 spiro atoms. The highest BCUT2D eigenvalue weighted by molar-refractivity contribution is 6.30. The molecule has 11 heteroatoms. The van der Waals surface area contributed by atoms with E-state index in [1.165, 1.54) is 6.07 Å². The highest BCUT2D eigenvalue weighted by Gasteiger charge is 2.37. The van der Waals surface area contributed by atoms with Gasteiger partial charge in [0.2, 0.25) is 5.91 Å². The minimum atomic E-state index is -0.720. The van der Waals surface area contributed by atoms with Crippen molar-refractivity contribution >= 4 is 34.6 Å². The lowest BCUT2D eigenvalue weighted by Gasteiger charge is -2.40. The predicted octanol–water partition coefficient (Wildman–Crippen LogP) is 8.18. The SMILES string of the molecule is CCOc1cccc(F)c1CN1CCN(C(=O)[C@H](NC(=O)OCc2ccccc2)C2CCN(CCc3cc(Cl)ccc3-c3coc4ccccc34)CC2)CC1. The summed E-state index contributed by atoms with van der Waals surface area (Å²) in [5.74, 6) is 0.0858. The fourth-order valence-electron chi connectivity index (χ4n) is 7.81. The number of likely N-dealkylation sites (tertiary alicyclic amines) is 1. The van der Waals surface area contributed by atoms with Crippen LogP contribution >= 0.6 is 11.6 Å². The highest BCUT2D eigenvalue weighted by atomic mass is 35.5. The largest absolute Gasteiger partial charge is 0.493 e. The van der Waals surface area contributed by atoms with Crippen LogP contribution in [0.4, 0.5) is 9.18 Å². The number of carbonyl (C=O) groups excluding carboxylic acids is 2. The molecule has 1 aromatic heterocycles. The molecule has 4 aromatic carbocycles. The van der Waals surface area contributed by atoms with Crippen LogP contribution in [-0.4, -0.2) is 85.2 Å². The number of piperidine rings is 1. The Hall–Kier alpha value is -4.90. The first kappa shape index (κ1) is 38.4. The average Bonchev–Trinajstić information content (AvgIpc) is 3.64. The third-order valence-corrected chi connectivity index (χ3v) is 11.1. The summed E-state index contributed by atoms with van der Waals surface area (Å²) < 4.78 is 32.0. The van der Waals surface area contributed by atoms with Crippen molar-refractivity contribution in [2.75, 3.05) is 52.4 Å². The minimum Gasteiger partial charge on any atom is -0.493 e. The van der Waals surface area contributed by atoms with Gasteiger partial charge in [0.1, 0.15) is 29.8 Å². The maximum absolute atomic E-state index is 14.8. The first-order chi connectivity index (χ1) is 26.9. The number of hydrogen-bond acceptors (Lipinski definition) is 7. The molecule has 2 aliphatic rings. The summed E-state index contributed by atoms with van der Waals surface area (Å²) in [6.45, 7) is 7.36. The molecule has 0 unspecified atom stereocenters. The molecular weight excluding hydrogens is 719 g/mol. The Bertz CT molecular complexity index is 2060. The number of benzene rings is 4. The van der Waals surface area contributed by atoms with E-state index in [0.29, 0.717) is 55.7 Å². The molecule has 5 aromatic rings. The van der Waals surface area contributed by atoms with Crippen LogP contribution in [0.2, 0.25) is 5.02 Å². The first-order valence-electron chi connectivity index (χ1n) is 19.2. The molecule has 9 nitrogen and oxygen atoms in total. The van der Waals surface area contributed by atoms with E-state index in [0.717, 1.165) is 72.1 Å². The van der Waals surface area contributed by atoms with Gasteiger partial charge in [-0.1, -0.05) is 72.3 Å². The van der Waals surface area contributed by atoms with Crippen LogP contribution in [0, 0.1) is 11.7 Å². The van der Waals surface area contributed by atoms with E-state index in [1.807, 2.05) is 78.8 Å². The summed E-state index contributed by atoms with van der Waals surface area (Å²) in [4.78, 5) is 33.8. The Morgan fingerprint density at radius 3 is 2.44 bits per heavy atom. The van der Waals surface area contributed by atoms with Crippen LogP contribution in [0.15, 0.2) is 102 Å². The molecule has 0 radical (unpaired) electrons. The predicted molar refractivity (Wildman–Crippen MR) is 213 cm³/mol. The average molecular weight is 767 g/mol. The van der Waals surface area contributed by atoms with Crippen LogP contribution in [-0.2, 0) is 29.1 Å². The molecule has 2 saturated heterocycles. The summed E-state index contributed by atoms with van der Waals surface area (Å²) in [7, 11) is 0. The van der Waals surface area contributed by atoms with Crippen LogP contribution in [0.5, 0.6) is 5.75 Å². The Morgan fingerprint density at radius 2 is 1.65 bits per heavy atom. The van der Waals surface area contributed by atoms with Crippen molar-refractivity contribution in [3.8, 4) is 16.9 Å². The fraction of sp³-hybridized carbons (Fsp3) is 0.364. The van der Waals surface area contributed by atoms with Crippen LogP contribution in [0.25, 0.3) is 22.1 Å². The van der Waals surface area contributed by atoms with Gasteiger partial charge in [0.25, 0.3) is 0 Å². The smallest absolute Gasteiger partial charge is 0.408 e. The third kappa shape index (κ3) is 9.50. The number of hydrogen-bond donors (Lipinski definition) is 1. The first-order valence-corrected chi connectivity index (χ1v) is 19.6. The van der Waals surface area contributed by atoms with Gasteiger partial charge in [-0.2, -0.15) is 0 Å². The number of alkyl carbamates (subject to hydrolysis) is 1. The second kappa shape index (κ2) is 18.2. The highest BCUT2D eigenvalue weighted by Crippen LogP contribution is 2.35. The summed E-state index contributed by atoms with van der Waals surface area (Å²) >= 11 is 6.49. The zero-order valence-corrected chi connectivity index (χ0v) is 32.0. The summed E-state index contributed by atoms with van der Waals surface area (Å²) in [6, 6.07) is 27.7.